The molecule has 0 fully saturated rings. The summed E-state index contributed by atoms with van der Waals surface area (Å²) in [5.41, 5.74) is 2.46. The van der Waals surface area contributed by atoms with E-state index in [0.717, 1.165) is 16.0 Å². The molecule has 94 valence electrons. The van der Waals surface area contributed by atoms with E-state index in [9.17, 15) is 0 Å². The van der Waals surface area contributed by atoms with Gasteiger partial charge in [0.25, 0.3) is 0 Å². The van der Waals surface area contributed by atoms with Gasteiger partial charge in [0.2, 0.25) is 0 Å². The average Bonchev–Trinajstić information content (AvgIpc) is 2.37. The number of benzene rings is 2. The van der Waals surface area contributed by atoms with Crippen molar-refractivity contribution >= 4 is 27.5 Å². The lowest BCUT2D eigenvalue weighted by molar-refractivity contribution is 0.574. The lowest BCUT2D eigenvalue weighted by Gasteiger charge is -2.15. The van der Waals surface area contributed by atoms with Crippen molar-refractivity contribution in [1.82, 2.24) is 5.32 Å². The van der Waals surface area contributed by atoms with Gasteiger partial charge in [-0.3, -0.25) is 0 Å². The van der Waals surface area contributed by atoms with E-state index in [1.165, 1.54) is 11.1 Å². The highest BCUT2D eigenvalue weighted by Gasteiger charge is 2.06. The predicted molar refractivity (Wildman–Crippen MR) is 80.8 cm³/mol. The van der Waals surface area contributed by atoms with Crippen LogP contribution >= 0.6 is 27.5 Å². The van der Waals surface area contributed by atoms with Crippen molar-refractivity contribution in [1.29, 1.82) is 0 Å². The van der Waals surface area contributed by atoms with E-state index in [1.54, 1.807) is 0 Å². The highest BCUT2D eigenvalue weighted by molar-refractivity contribution is 9.10. The van der Waals surface area contributed by atoms with E-state index in [1.807, 2.05) is 30.3 Å². The van der Waals surface area contributed by atoms with E-state index >= 15 is 0 Å². The Kier molecular flexibility index (Phi) is 4.81. The van der Waals surface area contributed by atoms with Crippen molar-refractivity contribution in [2.75, 3.05) is 0 Å². The van der Waals surface area contributed by atoms with Gasteiger partial charge in [0.05, 0.1) is 0 Å². The fraction of sp³-hybridized carbons (Fsp3) is 0.200. The first kappa shape index (κ1) is 13.6. The Labute approximate surface area is 121 Å². The first-order valence-corrected chi connectivity index (χ1v) is 7.06. The van der Waals surface area contributed by atoms with Gasteiger partial charge in [0.1, 0.15) is 0 Å². The van der Waals surface area contributed by atoms with E-state index < -0.39 is 0 Å². The van der Waals surface area contributed by atoms with Crippen LogP contribution in [0.3, 0.4) is 0 Å². The van der Waals surface area contributed by atoms with Gasteiger partial charge < -0.3 is 5.32 Å². The molecule has 1 atom stereocenters. The molecule has 2 rings (SSSR count). The van der Waals surface area contributed by atoms with Gasteiger partial charge in [-0.25, -0.2) is 0 Å². The molecule has 0 heterocycles. The molecule has 3 heteroatoms. The molecule has 1 unspecified atom stereocenters. The van der Waals surface area contributed by atoms with Crippen LogP contribution in [0, 0.1) is 0 Å². The minimum Gasteiger partial charge on any atom is -0.306 e. The molecular weight excluding hydrogens is 310 g/mol. The molecule has 1 N–H and O–H groups in total. The molecule has 0 aromatic heterocycles. The molecule has 0 aliphatic rings. The Hall–Kier alpha value is -0.830. The summed E-state index contributed by atoms with van der Waals surface area (Å²) in [6.45, 7) is 2.97. The maximum atomic E-state index is 6.00. The van der Waals surface area contributed by atoms with Crippen LogP contribution in [0.5, 0.6) is 0 Å². The zero-order valence-corrected chi connectivity index (χ0v) is 12.5. The SMILES string of the molecule is CC(NCc1ccccc1Br)c1cccc(Cl)c1. The Bertz CT molecular complexity index is 527. The predicted octanol–water partition coefficient (Wildman–Crippen LogP) is 4.95. The smallest absolute Gasteiger partial charge is 0.0409 e. The summed E-state index contributed by atoms with van der Waals surface area (Å²) in [5.74, 6) is 0. The average molecular weight is 325 g/mol. The van der Waals surface area contributed by atoms with Crippen molar-refractivity contribution in [3.05, 3.63) is 69.2 Å². The summed E-state index contributed by atoms with van der Waals surface area (Å²) >= 11 is 9.55. The Morgan fingerprint density at radius 1 is 1.17 bits per heavy atom. The minimum absolute atomic E-state index is 0.274. The zero-order chi connectivity index (χ0) is 13.0. The lowest BCUT2D eigenvalue weighted by atomic mass is 10.1. The maximum absolute atomic E-state index is 6.00. The van der Waals surface area contributed by atoms with Crippen molar-refractivity contribution in [3.8, 4) is 0 Å². The minimum atomic E-state index is 0.274. The Morgan fingerprint density at radius 3 is 2.67 bits per heavy atom. The third-order valence-electron chi connectivity index (χ3n) is 2.91. The van der Waals surface area contributed by atoms with Gasteiger partial charge in [0.15, 0.2) is 0 Å². The lowest BCUT2D eigenvalue weighted by Crippen LogP contribution is -2.18. The molecule has 0 aliphatic heterocycles. The number of hydrogen-bond donors (Lipinski definition) is 1. The highest BCUT2D eigenvalue weighted by atomic mass is 79.9. The van der Waals surface area contributed by atoms with Gasteiger partial charge in [0, 0.05) is 22.1 Å². The third kappa shape index (κ3) is 3.58. The fourth-order valence-corrected chi connectivity index (χ4v) is 2.42. The van der Waals surface area contributed by atoms with Crippen LogP contribution in [-0.4, -0.2) is 0 Å². The molecule has 0 aliphatic carbocycles. The molecule has 1 nitrogen and oxygen atoms in total. The summed E-state index contributed by atoms with van der Waals surface area (Å²) in [5, 5.41) is 4.27. The molecule has 0 amide bonds. The zero-order valence-electron chi connectivity index (χ0n) is 10.2. The van der Waals surface area contributed by atoms with Crippen molar-refractivity contribution in [3.63, 3.8) is 0 Å². The van der Waals surface area contributed by atoms with Gasteiger partial charge >= 0.3 is 0 Å². The first-order chi connectivity index (χ1) is 8.66. The molecule has 0 spiro atoms. The van der Waals surface area contributed by atoms with Crippen LogP contribution in [0.1, 0.15) is 24.1 Å². The monoisotopic (exact) mass is 323 g/mol. The van der Waals surface area contributed by atoms with Gasteiger partial charge in [-0.15, -0.1) is 0 Å². The number of hydrogen-bond acceptors (Lipinski definition) is 1. The number of nitrogens with one attached hydrogen (secondary N) is 1. The summed E-state index contributed by atoms with van der Waals surface area (Å²) in [6.07, 6.45) is 0. The first-order valence-electron chi connectivity index (χ1n) is 5.89. The Morgan fingerprint density at radius 2 is 1.94 bits per heavy atom. The quantitative estimate of drug-likeness (QED) is 0.838. The summed E-state index contributed by atoms with van der Waals surface area (Å²) in [7, 11) is 0. The summed E-state index contributed by atoms with van der Waals surface area (Å²) in [6, 6.07) is 16.5. The van der Waals surface area contributed by atoms with Crippen LogP contribution in [0.15, 0.2) is 53.0 Å². The van der Waals surface area contributed by atoms with Crippen LogP contribution < -0.4 is 5.32 Å². The van der Waals surface area contributed by atoms with E-state index in [4.69, 9.17) is 11.6 Å². The van der Waals surface area contributed by atoms with E-state index in [2.05, 4.69) is 46.4 Å². The molecular formula is C15H15BrClN. The second kappa shape index (κ2) is 6.37. The normalized spacial score (nSPS) is 12.4. The summed E-state index contributed by atoms with van der Waals surface area (Å²) in [4.78, 5) is 0. The van der Waals surface area contributed by atoms with E-state index in [0.29, 0.717) is 0 Å². The third-order valence-corrected chi connectivity index (χ3v) is 3.91. The van der Waals surface area contributed by atoms with Crippen LogP contribution in [-0.2, 0) is 6.54 Å². The largest absolute Gasteiger partial charge is 0.306 e. The van der Waals surface area contributed by atoms with Crippen LogP contribution in [0.2, 0.25) is 5.02 Å². The maximum Gasteiger partial charge on any atom is 0.0409 e. The Balaban J connectivity index is 2.00. The van der Waals surface area contributed by atoms with Gasteiger partial charge in [-0.1, -0.05) is 57.9 Å². The second-order valence-corrected chi connectivity index (χ2v) is 5.54. The molecule has 0 bridgehead atoms. The molecule has 2 aromatic carbocycles. The van der Waals surface area contributed by atoms with Gasteiger partial charge in [-0.2, -0.15) is 0 Å². The van der Waals surface area contributed by atoms with Crippen LogP contribution in [0.25, 0.3) is 0 Å². The number of rotatable bonds is 4. The van der Waals surface area contributed by atoms with Crippen molar-refractivity contribution in [2.24, 2.45) is 0 Å². The second-order valence-electron chi connectivity index (χ2n) is 4.25. The highest BCUT2D eigenvalue weighted by Crippen LogP contribution is 2.20. The molecule has 0 radical (unpaired) electrons. The van der Waals surface area contributed by atoms with Gasteiger partial charge in [-0.05, 0) is 36.2 Å². The van der Waals surface area contributed by atoms with Crippen molar-refractivity contribution < 1.29 is 0 Å². The fourth-order valence-electron chi connectivity index (χ4n) is 1.80. The molecule has 18 heavy (non-hydrogen) atoms. The standard InChI is InChI=1S/C15H15BrClN/c1-11(12-6-4-7-14(17)9-12)18-10-13-5-2-3-8-15(13)16/h2-9,11,18H,10H2,1H3. The molecule has 0 saturated carbocycles. The summed E-state index contributed by atoms with van der Waals surface area (Å²) < 4.78 is 1.13. The topological polar surface area (TPSA) is 12.0 Å². The van der Waals surface area contributed by atoms with Crippen molar-refractivity contribution in [2.45, 2.75) is 19.5 Å². The van der Waals surface area contributed by atoms with Crippen LogP contribution in [0.4, 0.5) is 0 Å². The molecule has 0 saturated heterocycles. The van der Waals surface area contributed by atoms with E-state index in [-0.39, 0.29) is 6.04 Å². The molecule has 2 aromatic rings. The number of halogens is 2.